The van der Waals surface area contributed by atoms with Crippen molar-refractivity contribution in [1.82, 2.24) is 9.29 Å². The van der Waals surface area contributed by atoms with Gasteiger partial charge >= 0.3 is 0 Å². The van der Waals surface area contributed by atoms with Crippen molar-refractivity contribution in [2.75, 3.05) is 39.2 Å². The quantitative estimate of drug-likeness (QED) is 0.777. The lowest BCUT2D eigenvalue weighted by Gasteiger charge is -2.22. The maximum Gasteiger partial charge on any atom is 0.244 e. The van der Waals surface area contributed by atoms with E-state index in [2.05, 4.69) is 10.3 Å². The molecule has 0 unspecified atom stereocenters. The second kappa shape index (κ2) is 8.52. The van der Waals surface area contributed by atoms with Gasteiger partial charge in [0.15, 0.2) is 0 Å². The Morgan fingerprint density at radius 3 is 2.67 bits per heavy atom. The Kier molecular flexibility index (Phi) is 6.67. The Balaban J connectivity index is 1.79. The molecule has 0 bridgehead atoms. The lowest BCUT2D eigenvalue weighted by Crippen LogP contribution is -2.25. The molecule has 24 heavy (non-hydrogen) atoms. The molecule has 1 amide bonds. The van der Waals surface area contributed by atoms with Gasteiger partial charge < -0.3 is 14.8 Å². The fourth-order valence-corrected chi connectivity index (χ4v) is 3.03. The van der Waals surface area contributed by atoms with Crippen molar-refractivity contribution in [1.29, 1.82) is 0 Å². The first-order valence-electron chi connectivity index (χ1n) is 7.77. The van der Waals surface area contributed by atoms with Gasteiger partial charge in [0, 0.05) is 33.5 Å². The standard InChI is InChI=1S/C15H23N3O5S/c1-18(2)24(20,21)13-3-4-14(16-11-13)17-15(19)7-10-23-12-5-8-22-9-6-12/h3-4,11-12H,5-10H2,1-2H3,(H,16,17,19). The number of carbonyl (C=O) groups is 1. The van der Waals surface area contributed by atoms with Crippen LogP contribution in [0.1, 0.15) is 19.3 Å². The topological polar surface area (TPSA) is 97.8 Å². The Labute approximate surface area is 142 Å². The zero-order valence-electron chi connectivity index (χ0n) is 13.9. The molecule has 2 heterocycles. The summed E-state index contributed by atoms with van der Waals surface area (Å²) in [5.41, 5.74) is 0. The molecule has 8 nitrogen and oxygen atoms in total. The van der Waals surface area contributed by atoms with Crippen LogP contribution in [-0.2, 0) is 24.3 Å². The molecule has 0 aliphatic carbocycles. The molecule has 1 N–H and O–H groups in total. The number of rotatable bonds is 7. The lowest BCUT2D eigenvalue weighted by molar-refractivity contribution is -0.118. The van der Waals surface area contributed by atoms with Gasteiger partial charge in [-0.15, -0.1) is 0 Å². The van der Waals surface area contributed by atoms with Crippen molar-refractivity contribution in [3.05, 3.63) is 18.3 Å². The van der Waals surface area contributed by atoms with E-state index in [0.717, 1.165) is 17.1 Å². The average molecular weight is 357 g/mol. The summed E-state index contributed by atoms with van der Waals surface area (Å²) in [6, 6.07) is 2.88. The van der Waals surface area contributed by atoms with E-state index in [-0.39, 0.29) is 23.3 Å². The Hall–Kier alpha value is -1.55. The number of sulfonamides is 1. The van der Waals surface area contributed by atoms with E-state index in [1.807, 2.05) is 0 Å². The summed E-state index contributed by atoms with van der Waals surface area (Å²) in [5.74, 6) is 0.0848. The molecule has 1 aromatic rings. The summed E-state index contributed by atoms with van der Waals surface area (Å²) in [6.07, 6.45) is 3.30. The number of nitrogens with one attached hydrogen (secondary N) is 1. The Morgan fingerprint density at radius 1 is 1.38 bits per heavy atom. The highest BCUT2D eigenvalue weighted by Gasteiger charge is 2.18. The molecule has 134 valence electrons. The van der Waals surface area contributed by atoms with E-state index in [1.165, 1.54) is 32.4 Å². The number of anilines is 1. The van der Waals surface area contributed by atoms with E-state index < -0.39 is 10.0 Å². The summed E-state index contributed by atoms with van der Waals surface area (Å²) in [6.45, 7) is 1.73. The third-order valence-electron chi connectivity index (χ3n) is 3.63. The van der Waals surface area contributed by atoms with Crippen LogP contribution >= 0.6 is 0 Å². The fourth-order valence-electron chi connectivity index (χ4n) is 2.18. The first-order chi connectivity index (χ1) is 11.4. The van der Waals surface area contributed by atoms with Gasteiger partial charge in [0.2, 0.25) is 15.9 Å². The molecule has 1 fully saturated rings. The molecule has 1 saturated heterocycles. The van der Waals surface area contributed by atoms with Gasteiger partial charge in [0.05, 0.1) is 19.1 Å². The van der Waals surface area contributed by atoms with Crippen molar-refractivity contribution < 1.29 is 22.7 Å². The van der Waals surface area contributed by atoms with Crippen LogP contribution in [-0.4, -0.2) is 63.6 Å². The molecule has 1 aliphatic heterocycles. The number of ether oxygens (including phenoxy) is 2. The largest absolute Gasteiger partial charge is 0.381 e. The number of hydrogen-bond donors (Lipinski definition) is 1. The molecular weight excluding hydrogens is 334 g/mol. The SMILES string of the molecule is CN(C)S(=O)(=O)c1ccc(NC(=O)CCOC2CCOCC2)nc1. The zero-order chi connectivity index (χ0) is 17.6. The van der Waals surface area contributed by atoms with E-state index in [1.54, 1.807) is 0 Å². The number of pyridine rings is 1. The molecule has 0 atom stereocenters. The monoisotopic (exact) mass is 357 g/mol. The Morgan fingerprint density at radius 2 is 2.08 bits per heavy atom. The lowest BCUT2D eigenvalue weighted by atomic mass is 10.1. The minimum atomic E-state index is -3.52. The van der Waals surface area contributed by atoms with Crippen LogP contribution in [0.2, 0.25) is 0 Å². The first-order valence-corrected chi connectivity index (χ1v) is 9.21. The third kappa shape index (κ3) is 5.23. The predicted octanol–water partition coefficient (Wildman–Crippen LogP) is 0.856. The van der Waals surface area contributed by atoms with Crippen molar-refractivity contribution in [2.24, 2.45) is 0 Å². The normalized spacial score (nSPS) is 16.3. The number of amides is 1. The van der Waals surface area contributed by atoms with Crippen LogP contribution in [0.4, 0.5) is 5.82 Å². The van der Waals surface area contributed by atoms with Crippen molar-refractivity contribution >= 4 is 21.7 Å². The van der Waals surface area contributed by atoms with Crippen molar-refractivity contribution in [3.8, 4) is 0 Å². The summed E-state index contributed by atoms with van der Waals surface area (Å²) in [7, 11) is -0.625. The van der Waals surface area contributed by atoms with Gasteiger partial charge in [0.1, 0.15) is 10.7 Å². The Bertz CT molecular complexity index is 640. The van der Waals surface area contributed by atoms with Crippen molar-refractivity contribution in [3.63, 3.8) is 0 Å². The maximum atomic E-state index is 11.9. The fraction of sp³-hybridized carbons (Fsp3) is 0.600. The molecule has 1 aliphatic rings. The summed E-state index contributed by atoms with van der Waals surface area (Å²) in [4.78, 5) is 15.9. The third-order valence-corrected chi connectivity index (χ3v) is 5.43. The molecular formula is C15H23N3O5S. The van der Waals surface area contributed by atoms with Crippen LogP contribution < -0.4 is 5.32 Å². The van der Waals surface area contributed by atoms with Crippen LogP contribution in [0.15, 0.2) is 23.2 Å². The van der Waals surface area contributed by atoms with Gasteiger partial charge in [-0.3, -0.25) is 4.79 Å². The minimum Gasteiger partial charge on any atom is -0.381 e. The van der Waals surface area contributed by atoms with Crippen LogP contribution in [0.3, 0.4) is 0 Å². The van der Waals surface area contributed by atoms with E-state index in [9.17, 15) is 13.2 Å². The summed E-state index contributed by atoms with van der Waals surface area (Å²) in [5, 5.41) is 2.62. The smallest absolute Gasteiger partial charge is 0.244 e. The molecule has 0 spiro atoms. The second-order valence-corrected chi connectivity index (χ2v) is 7.80. The molecule has 1 aromatic heterocycles. The summed E-state index contributed by atoms with van der Waals surface area (Å²) >= 11 is 0. The first kappa shape index (κ1) is 18.8. The summed E-state index contributed by atoms with van der Waals surface area (Å²) < 4.78 is 35.8. The van der Waals surface area contributed by atoms with Crippen LogP contribution in [0.25, 0.3) is 0 Å². The van der Waals surface area contributed by atoms with E-state index >= 15 is 0 Å². The van der Waals surface area contributed by atoms with Gasteiger partial charge in [-0.25, -0.2) is 17.7 Å². The molecule has 0 saturated carbocycles. The zero-order valence-corrected chi connectivity index (χ0v) is 14.7. The number of aromatic nitrogens is 1. The van der Waals surface area contributed by atoms with Gasteiger partial charge in [-0.1, -0.05) is 0 Å². The van der Waals surface area contributed by atoms with Gasteiger partial charge in [-0.05, 0) is 25.0 Å². The minimum absolute atomic E-state index is 0.0772. The number of nitrogens with zero attached hydrogens (tertiary/aromatic N) is 2. The maximum absolute atomic E-state index is 11.9. The second-order valence-electron chi connectivity index (χ2n) is 5.65. The number of hydrogen-bond acceptors (Lipinski definition) is 6. The predicted molar refractivity (Wildman–Crippen MR) is 88.1 cm³/mol. The highest BCUT2D eigenvalue weighted by Crippen LogP contribution is 2.14. The highest BCUT2D eigenvalue weighted by molar-refractivity contribution is 7.89. The average Bonchev–Trinajstić information content (AvgIpc) is 2.56. The highest BCUT2D eigenvalue weighted by atomic mass is 32.2. The van der Waals surface area contributed by atoms with E-state index in [0.29, 0.717) is 25.6 Å². The van der Waals surface area contributed by atoms with Gasteiger partial charge in [-0.2, -0.15) is 0 Å². The van der Waals surface area contributed by atoms with Crippen LogP contribution in [0, 0.1) is 0 Å². The molecule has 2 rings (SSSR count). The molecule has 0 radical (unpaired) electrons. The van der Waals surface area contributed by atoms with Crippen molar-refractivity contribution in [2.45, 2.75) is 30.3 Å². The number of carbonyl (C=O) groups excluding carboxylic acids is 1. The van der Waals surface area contributed by atoms with Crippen LogP contribution in [0.5, 0.6) is 0 Å². The van der Waals surface area contributed by atoms with Gasteiger partial charge in [0.25, 0.3) is 0 Å². The van der Waals surface area contributed by atoms with E-state index in [4.69, 9.17) is 9.47 Å². The molecule has 0 aromatic carbocycles. The molecule has 9 heteroatoms.